The number of nitrogens with zero attached hydrogens (tertiary/aromatic N) is 4. The van der Waals surface area contributed by atoms with Crippen molar-refractivity contribution in [1.29, 1.82) is 5.26 Å². The van der Waals surface area contributed by atoms with Gasteiger partial charge in [-0.05, 0) is 48.7 Å². The molecule has 0 unspecified atom stereocenters. The van der Waals surface area contributed by atoms with Gasteiger partial charge in [-0.15, -0.1) is 0 Å². The third-order valence-corrected chi connectivity index (χ3v) is 7.44. The largest absolute Gasteiger partial charge is 0.354 e. The predicted molar refractivity (Wildman–Crippen MR) is 118 cm³/mol. The minimum atomic E-state index is -3.53. The van der Waals surface area contributed by atoms with E-state index < -0.39 is 10.0 Å². The van der Waals surface area contributed by atoms with Gasteiger partial charge in [-0.1, -0.05) is 31.2 Å². The van der Waals surface area contributed by atoms with Crippen LogP contribution in [0.25, 0.3) is 10.9 Å². The number of nitriles is 1. The van der Waals surface area contributed by atoms with Gasteiger partial charge >= 0.3 is 0 Å². The number of sulfonamides is 1. The first kappa shape index (κ1) is 20.3. The molecule has 0 aliphatic carbocycles. The minimum absolute atomic E-state index is 0.312. The fourth-order valence-electron chi connectivity index (χ4n) is 3.85. The van der Waals surface area contributed by atoms with E-state index in [0.717, 1.165) is 17.3 Å². The zero-order valence-electron chi connectivity index (χ0n) is 17.0. The minimum Gasteiger partial charge on any atom is -0.354 e. The highest BCUT2D eigenvalue weighted by atomic mass is 32.2. The zero-order valence-corrected chi connectivity index (χ0v) is 17.8. The van der Waals surface area contributed by atoms with Gasteiger partial charge in [-0.3, -0.25) is 0 Å². The van der Waals surface area contributed by atoms with Gasteiger partial charge in [0.15, 0.2) is 0 Å². The molecule has 1 aliphatic rings. The Morgan fingerprint density at radius 3 is 2.57 bits per heavy atom. The second-order valence-electron chi connectivity index (χ2n) is 7.41. The van der Waals surface area contributed by atoms with E-state index in [0.29, 0.717) is 48.9 Å². The summed E-state index contributed by atoms with van der Waals surface area (Å²) in [5.74, 6) is 0.633. The molecule has 0 N–H and O–H groups in total. The molecule has 154 valence electrons. The first-order valence-electron chi connectivity index (χ1n) is 10.2. The Bertz CT molecular complexity index is 1200. The predicted octanol–water partition coefficient (Wildman–Crippen LogP) is 3.57. The molecule has 0 bridgehead atoms. The molecule has 0 amide bonds. The van der Waals surface area contributed by atoms with E-state index in [4.69, 9.17) is 4.98 Å². The van der Waals surface area contributed by atoms with Gasteiger partial charge in [-0.25, -0.2) is 13.4 Å². The van der Waals surface area contributed by atoms with E-state index in [9.17, 15) is 13.7 Å². The van der Waals surface area contributed by atoms with Crippen LogP contribution in [0.4, 0.5) is 5.82 Å². The number of rotatable bonds is 4. The Hall–Kier alpha value is -2.95. The highest BCUT2D eigenvalue weighted by Crippen LogP contribution is 2.26. The number of hydrogen-bond donors (Lipinski definition) is 0. The molecule has 30 heavy (non-hydrogen) atoms. The number of benzene rings is 2. The molecular weight excluding hydrogens is 396 g/mol. The Kier molecular flexibility index (Phi) is 5.71. The number of aryl methyl sites for hydroxylation is 1. The second kappa shape index (κ2) is 8.42. The molecule has 1 aromatic heterocycles. The monoisotopic (exact) mass is 420 g/mol. The second-order valence-corrected chi connectivity index (χ2v) is 9.35. The fourth-order valence-corrected chi connectivity index (χ4v) is 5.34. The molecule has 1 saturated heterocycles. The Balaban J connectivity index is 1.62. The standard InChI is InChI=1S/C23H24N4O2S/c1-2-18-9-10-22-19(15-18)16-20(17-24)23(25-22)26-11-6-12-27(14-13-26)30(28,29)21-7-4-3-5-8-21/h3-5,7-10,15-16H,2,6,11-14H2,1H3. The lowest BCUT2D eigenvalue weighted by atomic mass is 10.1. The third-order valence-electron chi connectivity index (χ3n) is 5.52. The molecule has 1 fully saturated rings. The number of anilines is 1. The average molecular weight is 421 g/mol. The third kappa shape index (κ3) is 3.89. The number of aromatic nitrogens is 1. The SMILES string of the molecule is CCc1ccc2nc(N3CCCN(S(=O)(=O)c4ccccc4)CC3)c(C#N)cc2c1. The van der Waals surface area contributed by atoms with E-state index >= 15 is 0 Å². The molecule has 0 atom stereocenters. The van der Waals surface area contributed by atoms with Crippen LogP contribution in [0.15, 0.2) is 59.5 Å². The van der Waals surface area contributed by atoms with Crippen molar-refractivity contribution in [3.63, 3.8) is 0 Å². The fraction of sp³-hybridized carbons (Fsp3) is 0.304. The van der Waals surface area contributed by atoms with Crippen molar-refractivity contribution in [3.8, 4) is 6.07 Å². The molecule has 0 spiro atoms. The molecular formula is C23H24N4O2S. The average Bonchev–Trinajstić information content (AvgIpc) is 3.05. The van der Waals surface area contributed by atoms with Crippen LogP contribution in [0.1, 0.15) is 24.5 Å². The van der Waals surface area contributed by atoms with E-state index in [-0.39, 0.29) is 0 Å². The lowest BCUT2D eigenvalue weighted by Gasteiger charge is -2.24. The summed E-state index contributed by atoms with van der Waals surface area (Å²) in [6, 6.07) is 18.8. The summed E-state index contributed by atoms with van der Waals surface area (Å²) in [6.07, 6.45) is 1.60. The number of hydrogen-bond acceptors (Lipinski definition) is 5. The van der Waals surface area contributed by atoms with Crippen molar-refractivity contribution < 1.29 is 8.42 Å². The molecule has 2 aromatic carbocycles. The Morgan fingerprint density at radius 2 is 1.83 bits per heavy atom. The lowest BCUT2D eigenvalue weighted by Crippen LogP contribution is -2.35. The summed E-state index contributed by atoms with van der Waals surface area (Å²) >= 11 is 0. The first-order chi connectivity index (χ1) is 14.5. The quantitative estimate of drug-likeness (QED) is 0.645. The van der Waals surface area contributed by atoms with Crippen LogP contribution in [0.3, 0.4) is 0 Å². The maximum Gasteiger partial charge on any atom is 0.243 e. The zero-order chi connectivity index (χ0) is 21.1. The molecule has 1 aliphatic heterocycles. The topological polar surface area (TPSA) is 77.3 Å². The van der Waals surface area contributed by atoms with Gasteiger partial charge in [0.25, 0.3) is 0 Å². The normalized spacial score (nSPS) is 15.7. The molecule has 3 aromatic rings. The molecule has 2 heterocycles. The van der Waals surface area contributed by atoms with Crippen LogP contribution in [0, 0.1) is 11.3 Å². The summed E-state index contributed by atoms with van der Waals surface area (Å²) in [4.78, 5) is 7.11. The highest BCUT2D eigenvalue weighted by Gasteiger charge is 2.27. The van der Waals surface area contributed by atoms with Crippen molar-refractivity contribution in [3.05, 3.63) is 65.7 Å². The number of fused-ring (bicyclic) bond motifs is 1. The van der Waals surface area contributed by atoms with Gasteiger partial charge in [0.1, 0.15) is 11.9 Å². The maximum absolute atomic E-state index is 13.0. The van der Waals surface area contributed by atoms with Gasteiger partial charge < -0.3 is 4.90 Å². The van der Waals surface area contributed by atoms with Gasteiger partial charge in [0.05, 0.1) is 16.0 Å². The van der Waals surface area contributed by atoms with Crippen LogP contribution in [-0.4, -0.2) is 43.9 Å². The van der Waals surface area contributed by atoms with Crippen LogP contribution >= 0.6 is 0 Å². The molecule has 6 nitrogen and oxygen atoms in total. The van der Waals surface area contributed by atoms with Crippen molar-refractivity contribution in [2.45, 2.75) is 24.7 Å². The van der Waals surface area contributed by atoms with Crippen molar-refractivity contribution in [1.82, 2.24) is 9.29 Å². The van der Waals surface area contributed by atoms with Gasteiger partial charge in [0, 0.05) is 31.6 Å². The van der Waals surface area contributed by atoms with Crippen LogP contribution in [-0.2, 0) is 16.4 Å². The van der Waals surface area contributed by atoms with Crippen LogP contribution in [0.5, 0.6) is 0 Å². The molecule has 0 radical (unpaired) electrons. The Labute approximate surface area is 177 Å². The van der Waals surface area contributed by atoms with Crippen molar-refractivity contribution in [2.24, 2.45) is 0 Å². The van der Waals surface area contributed by atoms with Gasteiger partial charge in [-0.2, -0.15) is 9.57 Å². The van der Waals surface area contributed by atoms with Crippen LogP contribution in [0.2, 0.25) is 0 Å². The Morgan fingerprint density at radius 1 is 1.03 bits per heavy atom. The van der Waals surface area contributed by atoms with Crippen molar-refractivity contribution >= 4 is 26.7 Å². The lowest BCUT2D eigenvalue weighted by molar-refractivity contribution is 0.433. The van der Waals surface area contributed by atoms with E-state index in [1.165, 1.54) is 9.87 Å². The van der Waals surface area contributed by atoms with E-state index in [1.807, 2.05) is 17.0 Å². The summed E-state index contributed by atoms with van der Waals surface area (Å²) in [5, 5.41) is 10.7. The molecule has 7 heteroatoms. The van der Waals surface area contributed by atoms with Crippen molar-refractivity contribution in [2.75, 3.05) is 31.1 Å². The first-order valence-corrected chi connectivity index (χ1v) is 11.6. The van der Waals surface area contributed by atoms with Crippen LogP contribution < -0.4 is 4.90 Å². The highest BCUT2D eigenvalue weighted by molar-refractivity contribution is 7.89. The number of pyridine rings is 1. The molecule has 0 saturated carbocycles. The summed E-state index contributed by atoms with van der Waals surface area (Å²) < 4.78 is 27.5. The van der Waals surface area contributed by atoms with E-state index in [2.05, 4.69) is 25.1 Å². The smallest absolute Gasteiger partial charge is 0.243 e. The summed E-state index contributed by atoms with van der Waals surface area (Å²) in [7, 11) is -3.53. The molecule has 4 rings (SSSR count). The summed E-state index contributed by atoms with van der Waals surface area (Å²) in [5.41, 5.74) is 2.58. The van der Waals surface area contributed by atoms with Gasteiger partial charge in [0.2, 0.25) is 10.0 Å². The maximum atomic E-state index is 13.0. The summed E-state index contributed by atoms with van der Waals surface area (Å²) in [6.45, 7) is 4.05. The van der Waals surface area contributed by atoms with E-state index in [1.54, 1.807) is 30.3 Å².